The number of nitrogens with zero attached hydrogens (tertiary/aromatic N) is 3. The van der Waals surface area contributed by atoms with Crippen LogP contribution in [0.1, 0.15) is 55.4 Å². The molecule has 0 aromatic heterocycles. The fourth-order valence-corrected chi connectivity index (χ4v) is 5.24. The molecule has 37 heavy (non-hydrogen) atoms. The Hall–Kier alpha value is -2.91. The third-order valence-electron chi connectivity index (χ3n) is 6.30. The Bertz CT molecular complexity index is 1180. The van der Waals surface area contributed by atoms with E-state index in [9.17, 15) is 18.0 Å². The number of rotatable bonds is 13. The highest BCUT2D eigenvalue weighted by Gasteiger charge is 2.34. The van der Waals surface area contributed by atoms with Crippen LogP contribution in [0.4, 0.5) is 5.69 Å². The molecule has 0 aliphatic carbocycles. The largest absolute Gasteiger partial charge is 0.354 e. The molecule has 2 aromatic carbocycles. The predicted octanol–water partition coefficient (Wildman–Crippen LogP) is 3.95. The minimum Gasteiger partial charge on any atom is -0.354 e. The Labute approximate surface area is 222 Å². The Morgan fingerprint density at radius 1 is 0.973 bits per heavy atom. The van der Waals surface area contributed by atoms with E-state index < -0.39 is 28.7 Å². The molecule has 1 N–H and O–H groups in total. The van der Waals surface area contributed by atoms with Gasteiger partial charge in [0.25, 0.3) is 0 Å². The maximum Gasteiger partial charge on any atom is 0.304 e. The number of carbonyl (C=O) groups excluding carboxylic acids is 2. The Morgan fingerprint density at radius 3 is 2.24 bits per heavy atom. The van der Waals surface area contributed by atoms with Gasteiger partial charge in [-0.3, -0.25) is 9.59 Å². The molecule has 0 fully saturated rings. The van der Waals surface area contributed by atoms with Gasteiger partial charge < -0.3 is 10.2 Å². The summed E-state index contributed by atoms with van der Waals surface area (Å²) in [5, 5.41) is 2.94. The molecule has 0 bridgehead atoms. The monoisotopic (exact) mass is 530 g/mol. The maximum absolute atomic E-state index is 13.9. The number of hydrogen-bond acceptors (Lipinski definition) is 4. The molecular formula is C28H42N4O4S. The number of amides is 2. The zero-order valence-corrected chi connectivity index (χ0v) is 24.1. The number of benzene rings is 2. The van der Waals surface area contributed by atoms with Crippen molar-refractivity contribution in [3.63, 3.8) is 0 Å². The second-order valence-electron chi connectivity index (χ2n) is 9.67. The molecule has 9 heteroatoms. The molecule has 2 rings (SSSR count). The molecule has 204 valence electrons. The highest BCUT2D eigenvalue weighted by Crippen LogP contribution is 2.26. The molecule has 0 saturated heterocycles. The smallest absolute Gasteiger partial charge is 0.304 e. The van der Waals surface area contributed by atoms with Gasteiger partial charge in [0.1, 0.15) is 12.6 Å². The van der Waals surface area contributed by atoms with Crippen molar-refractivity contribution in [1.29, 1.82) is 0 Å². The molecule has 0 aliphatic rings. The van der Waals surface area contributed by atoms with Crippen molar-refractivity contribution in [2.75, 3.05) is 31.5 Å². The molecule has 2 aromatic rings. The lowest BCUT2D eigenvalue weighted by Gasteiger charge is -2.34. The normalized spacial score (nSPS) is 12.3. The second-order valence-corrected chi connectivity index (χ2v) is 11.7. The average molecular weight is 531 g/mol. The fraction of sp³-hybridized carbons (Fsp3) is 0.500. The lowest BCUT2D eigenvalue weighted by molar-refractivity contribution is -0.140. The summed E-state index contributed by atoms with van der Waals surface area (Å²) in [6.45, 7) is 9.88. The summed E-state index contributed by atoms with van der Waals surface area (Å²) in [6.07, 6.45) is 2.19. The molecule has 0 heterocycles. The summed E-state index contributed by atoms with van der Waals surface area (Å²) >= 11 is 0. The van der Waals surface area contributed by atoms with Crippen LogP contribution in [0.25, 0.3) is 0 Å². The van der Waals surface area contributed by atoms with Crippen molar-refractivity contribution < 1.29 is 18.0 Å². The van der Waals surface area contributed by atoms with Gasteiger partial charge in [-0.2, -0.15) is 12.7 Å². The number of hydrogen-bond donors (Lipinski definition) is 1. The van der Waals surface area contributed by atoms with Gasteiger partial charge in [0.15, 0.2) is 0 Å². The Balaban J connectivity index is 2.52. The third-order valence-corrected chi connectivity index (χ3v) is 8.11. The number of anilines is 1. The molecule has 0 spiro atoms. The number of aryl methyl sites for hydroxylation is 3. The number of unbranched alkanes of at least 4 members (excludes halogenated alkanes) is 1. The van der Waals surface area contributed by atoms with Gasteiger partial charge in [0, 0.05) is 27.2 Å². The summed E-state index contributed by atoms with van der Waals surface area (Å²) in [4.78, 5) is 28.6. The van der Waals surface area contributed by atoms with E-state index in [1.165, 1.54) is 19.0 Å². The van der Waals surface area contributed by atoms with Gasteiger partial charge in [0.05, 0.1) is 5.69 Å². The van der Waals surface area contributed by atoms with Gasteiger partial charge in [-0.05, 0) is 56.4 Å². The van der Waals surface area contributed by atoms with Crippen molar-refractivity contribution in [1.82, 2.24) is 14.5 Å². The minimum atomic E-state index is -3.99. The van der Waals surface area contributed by atoms with E-state index in [1.54, 1.807) is 6.07 Å². The molecular weight excluding hydrogens is 488 g/mol. The van der Waals surface area contributed by atoms with Crippen LogP contribution in [0, 0.1) is 20.8 Å². The van der Waals surface area contributed by atoms with Gasteiger partial charge in [-0.25, -0.2) is 4.31 Å². The van der Waals surface area contributed by atoms with Crippen molar-refractivity contribution in [2.45, 2.75) is 66.5 Å². The molecule has 8 nitrogen and oxygen atoms in total. The van der Waals surface area contributed by atoms with Crippen LogP contribution in [-0.2, 0) is 26.3 Å². The van der Waals surface area contributed by atoms with Crippen LogP contribution in [0.5, 0.6) is 0 Å². The van der Waals surface area contributed by atoms with Crippen LogP contribution in [0.2, 0.25) is 0 Å². The van der Waals surface area contributed by atoms with Crippen molar-refractivity contribution in [3.05, 3.63) is 64.7 Å². The van der Waals surface area contributed by atoms with E-state index in [0.29, 0.717) is 18.7 Å². The minimum absolute atomic E-state index is 0.197. The summed E-state index contributed by atoms with van der Waals surface area (Å²) in [5.74, 6) is -0.670. The molecule has 0 saturated carbocycles. The van der Waals surface area contributed by atoms with Gasteiger partial charge in [-0.1, -0.05) is 62.2 Å². The third kappa shape index (κ3) is 8.04. The predicted molar refractivity (Wildman–Crippen MR) is 150 cm³/mol. The van der Waals surface area contributed by atoms with Crippen molar-refractivity contribution >= 4 is 27.7 Å². The summed E-state index contributed by atoms with van der Waals surface area (Å²) in [7, 11) is -1.11. The Kier molecular flexibility index (Phi) is 11.1. The van der Waals surface area contributed by atoms with Crippen molar-refractivity contribution in [2.24, 2.45) is 0 Å². The van der Waals surface area contributed by atoms with Gasteiger partial charge in [0.2, 0.25) is 11.8 Å². The van der Waals surface area contributed by atoms with Crippen LogP contribution < -0.4 is 9.62 Å². The zero-order chi connectivity index (χ0) is 27.8. The maximum atomic E-state index is 13.9. The Morgan fingerprint density at radius 2 is 1.65 bits per heavy atom. The second kappa shape index (κ2) is 13.6. The van der Waals surface area contributed by atoms with Crippen molar-refractivity contribution in [3.8, 4) is 0 Å². The molecule has 1 atom stereocenters. The lowest BCUT2D eigenvalue weighted by Crippen LogP contribution is -2.53. The topological polar surface area (TPSA) is 90.0 Å². The van der Waals surface area contributed by atoms with Crippen LogP contribution in [0.3, 0.4) is 0 Å². The first-order chi connectivity index (χ1) is 17.4. The average Bonchev–Trinajstić information content (AvgIpc) is 2.84. The van der Waals surface area contributed by atoms with E-state index in [4.69, 9.17) is 0 Å². The SMILES string of the molecule is CCCCNC(=O)[C@@H](CC)N(Cc1cccc(C)c1)C(=O)CN(c1cc(C)ccc1C)S(=O)(=O)N(C)C. The lowest BCUT2D eigenvalue weighted by atomic mass is 10.1. The molecule has 0 radical (unpaired) electrons. The van der Waals surface area contributed by atoms with E-state index in [2.05, 4.69) is 5.32 Å². The quantitative estimate of drug-likeness (QED) is 0.397. The zero-order valence-electron chi connectivity index (χ0n) is 23.2. The van der Waals surface area contributed by atoms with Crippen LogP contribution in [-0.4, -0.2) is 62.7 Å². The van der Waals surface area contributed by atoms with E-state index in [-0.39, 0.29) is 12.5 Å². The van der Waals surface area contributed by atoms with Gasteiger partial charge >= 0.3 is 10.2 Å². The molecule has 2 amide bonds. The van der Waals surface area contributed by atoms with E-state index >= 15 is 0 Å². The molecule has 0 aliphatic heterocycles. The highest BCUT2D eigenvalue weighted by atomic mass is 32.2. The molecule has 0 unspecified atom stereocenters. The van der Waals surface area contributed by atoms with E-state index in [0.717, 1.165) is 43.7 Å². The summed E-state index contributed by atoms with van der Waals surface area (Å²) in [5.41, 5.74) is 3.97. The number of nitrogens with one attached hydrogen (secondary N) is 1. The number of carbonyl (C=O) groups is 2. The first-order valence-electron chi connectivity index (χ1n) is 12.8. The van der Waals surface area contributed by atoms with Crippen LogP contribution >= 0.6 is 0 Å². The first kappa shape index (κ1) is 30.3. The van der Waals surface area contributed by atoms with E-state index in [1.807, 2.05) is 71.0 Å². The standard InChI is InChI=1S/C28H42N4O4S/c1-8-10-16-29-28(34)25(9-2)31(19-24-13-11-12-21(3)17-24)27(33)20-32(37(35,36)30(6)7)26-18-22(4)14-15-23(26)5/h11-15,17-18,25H,8-10,16,19-20H2,1-7H3,(H,29,34)/t25-/m1/s1. The summed E-state index contributed by atoms with van der Waals surface area (Å²) in [6, 6.07) is 12.5. The van der Waals surface area contributed by atoms with Crippen LogP contribution in [0.15, 0.2) is 42.5 Å². The van der Waals surface area contributed by atoms with Gasteiger partial charge in [-0.15, -0.1) is 0 Å². The highest BCUT2D eigenvalue weighted by molar-refractivity contribution is 7.90. The fourth-order valence-electron chi connectivity index (χ4n) is 4.12. The first-order valence-corrected chi connectivity index (χ1v) is 14.2. The summed E-state index contributed by atoms with van der Waals surface area (Å²) < 4.78 is 29.1.